The summed E-state index contributed by atoms with van der Waals surface area (Å²) in [4.78, 5) is 23.6. The maximum atomic E-state index is 11.7. The second-order valence-electron chi connectivity index (χ2n) is 2.77. The number of hydrogen-bond acceptors (Lipinski definition) is 4. The quantitative estimate of drug-likeness (QED) is 0.304. The molecule has 0 aromatic rings. The zero-order chi connectivity index (χ0) is 12.1. The molecule has 0 aliphatic carbocycles. The first-order chi connectivity index (χ1) is 7.56. The average molecular weight is 302 g/mol. The van der Waals surface area contributed by atoms with E-state index in [1.165, 1.54) is 0 Å². The summed E-state index contributed by atoms with van der Waals surface area (Å²) in [5.74, 6) is -1.11. The zero-order valence-corrected chi connectivity index (χ0v) is 13.4. The number of carboxylic acid groups (broad SMARTS) is 1. The van der Waals surface area contributed by atoms with Crippen molar-refractivity contribution in [3.63, 3.8) is 0 Å². The van der Waals surface area contributed by atoms with Crippen LogP contribution in [0.25, 0.3) is 0 Å². The Hall–Kier alpha value is 0.150. The van der Waals surface area contributed by atoms with E-state index in [-0.39, 0.29) is 41.2 Å². The minimum Gasteiger partial charge on any atom is -1.00 e. The molecule has 0 radical (unpaired) electrons. The Kier molecular flexibility index (Phi) is 8.36. The van der Waals surface area contributed by atoms with Crippen molar-refractivity contribution in [1.29, 1.82) is 0 Å². The summed E-state index contributed by atoms with van der Waals surface area (Å²) in [7, 11) is 0. The fourth-order valence-corrected chi connectivity index (χ4v) is 2.30. The van der Waals surface area contributed by atoms with Crippen LogP contribution < -0.4 is 29.6 Å². The molecule has 1 heterocycles. The third-order valence-electron chi connectivity index (χ3n) is 1.64. The minimum absolute atomic E-state index is 0. The van der Waals surface area contributed by atoms with Gasteiger partial charge in [-0.05, 0) is 6.08 Å². The van der Waals surface area contributed by atoms with Gasteiger partial charge < -0.3 is 6.53 Å². The summed E-state index contributed by atoms with van der Waals surface area (Å²) in [6, 6.07) is 0. The van der Waals surface area contributed by atoms with Gasteiger partial charge in [0, 0.05) is 5.88 Å². The monoisotopic (exact) mass is 301 g/mol. The van der Waals surface area contributed by atoms with Gasteiger partial charge in [0.15, 0.2) is 0 Å². The van der Waals surface area contributed by atoms with E-state index in [0.717, 1.165) is 16.7 Å². The number of thioether (sulfide) groups is 1. The van der Waals surface area contributed by atoms with Gasteiger partial charge >= 0.3 is 35.5 Å². The molecule has 4 nitrogen and oxygen atoms in total. The molecular formula is C9H9ClNNaO3S2. The maximum Gasteiger partial charge on any atom is 1.00 e. The summed E-state index contributed by atoms with van der Waals surface area (Å²) < 4.78 is 0.262. The molecule has 0 bridgehead atoms. The van der Waals surface area contributed by atoms with Crippen LogP contribution in [0.5, 0.6) is 0 Å². The van der Waals surface area contributed by atoms with E-state index >= 15 is 0 Å². The van der Waals surface area contributed by atoms with Crippen molar-refractivity contribution in [2.75, 3.05) is 12.4 Å². The predicted octanol–water partition coefficient (Wildman–Crippen LogP) is -1.27. The Bertz CT molecular complexity index is 403. The van der Waals surface area contributed by atoms with Crippen molar-refractivity contribution >= 4 is 51.8 Å². The van der Waals surface area contributed by atoms with E-state index in [4.69, 9.17) is 28.9 Å². The predicted molar refractivity (Wildman–Crippen MR) is 68.6 cm³/mol. The number of allylic oxidation sites excluding steroid dienone is 3. The van der Waals surface area contributed by atoms with Gasteiger partial charge in [0.25, 0.3) is 5.91 Å². The minimum atomic E-state index is -1.09. The van der Waals surface area contributed by atoms with Gasteiger partial charge in [-0.3, -0.25) is 14.5 Å². The first kappa shape index (κ1) is 17.2. The number of alkyl halides is 1. The van der Waals surface area contributed by atoms with Crippen LogP contribution >= 0.6 is 35.6 Å². The molecule has 0 spiro atoms. The van der Waals surface area contributed by atoms with E-state index in [0.29, 0.717) is 10.8 Å². The van der Waals surface area contributed by atoms with E-state index in [1.807, 2.05) is 0 Å². The van der Waals surface area contributed by atoms with Crippen molar-refractivity contribution in [1.82, 2.24) is 4.90 Å². The molecule has 1 amide bonds. The first-order valence-corrected chi connectivity index (χ1v) is 6.00. The van der Waals surface area contributed by atoms with Crippen LogP contribution in [0.3, 0.4) is 0 Å². The molecule has 0 aromatic carbocycles. The Balaban J connectivity index is 0. The molecular weight excluding hydrogens is 293 g/mol. The fourth-order valence-electron chi connectivity index (χ4n) is 0.993. The number of carboxylic acids is 1. The van der Waals surface area contributed by atoms with Gasteiger partial charge in [0.1, 0.15) is 10.9 Å². The Labute approximate surface area is 137 Å². The summed E-state index contributed by atoms with van der Waals surface area (Å²) in [5.41, 5.74) is 0. The second-order valence-corrected chi connectivity index (χ2v) is 4.75. The zero-order valence-electron chi connectivity index (χ0n) is 10.1. The summed E-state index contributed by atoms with van der Waals surface area (Å²) >= 11 is 11.4. The van der Waals surface area contributed by atoms with Crippen molar-refractivity contribution < 1.29 is 45.7 Å². The smallest absolute Gasteiger partial charge is 1.00 e. The number of hydrogen-bond donors (Lipinski definition) is 1. The van der Waals surface area contributed by atoms with E-state index in [9.17, 15) is 9.59 Å². The average Bonchev–Trinajstić information content (AvgIpc) is 2.46. The Morgan fingerprint density at radius 1 is 1.65 bits per heavy atom. The van der Waals surface area contributed by atoms with Crippen molar-refractivity contribution in [2.24, 2.45) is 0 Å². The molecule has 8 heteroatoms. The van der Waals surface area contributed by atoms with E-state index in [1.54, 1.807) is 18.2 Å². The van der Waals surface area contributed by atoms with Crippen molar-refractivity contribution in [3.8, 4) is 0 Å². The maximum absolute atomic E-state index is 11.7. The molecule has 1 N–H and O–H groups in total. The van der Waals surface area contributed by atoms with Crippen LogP contribution in [-0.4, -0.2) is 38.6 Å². The number of halogens is 1. The number of carbonyl (C=O) groups is 2. The molecule has 1 fully saturated rings. The molecule has 1 saturated heterocycles. The van der Waals surface area contributed by atoms with Crippen LogP contribution in [0.2, 0.25) is 0 Å². The van der Waals surface area contributed by atoms with Crippen LogP contribution in [0, 0.1) is 0 Å². The number of amides is 1. The van der Waals surface area contributed by atoms with Crippen molar-refractivity contribution in [2.45, 2.75) is 0 Å². The Morgan fingerprint density at radius 2 is 2.29 bits per heavy atom. The SMILES string of the molecule is O=C(O)CN1C(=O)C(=CC=CCCl)SC1=S.[H-].[Na+]. The molecule has 1 aliphatic rings. The van der Waals surface area contributed by atoms with Crippen LogP contribution in [-0.2, 0) is 9.59 Å². The largest absolute Gasteiger partial charge is 1.00 e. The van der Waals surface area contributed by atoms with Crippen LogP contribution in [0.4, 0.5) is 0 Å². The number of carbonyl (C=O) groups excluding carboxylic acids is 1. The van der Waals surface area contributed by atoms with Crippen LogP contribution in [0.1, 0.15) is 1.43 Å². The van der Waals surface area contributed by atoms with Crippen LogP contribution in [0.15, 0.2) is 23.1 Å². The number of aliphatic carboxylic acids is 1. The molecule has 0 unspecified atom stereocenters. The number of thiocarbonyl (C=S) groups is 1. The van der Waals surface area contributed by atoms with E-state index in [2.05, 4.69) is 0 Å². The molecule has 0 atom stereocenters. The second kappa shape index (κ2) is 8.29. The van der Waals surface area contributed by atoms with Crippen molar-refractivity contribution in [3.05, 3.63) is 23.1 Å². The summed E-state index contributed by atoms with van der Waals surface area (Å²) in [6.07, 6.45) is 4.88. The first-order valence-electron chi connectivity index (χ1n) is 4.24. The summed E-state index contributed by atoms with van der Waals surface area (Å²) in [6.45, 7) is -0.402. The number of rotatable bonds is 4. The normalized spacial score (nSPS) is 17.9. The van der Waals surface area contributed by atoms with Gasteiger partial charge in [0.2, 0.25) is 0 Å². The van der Waals surface area contributed by atoms with E-state index < -0.39 is 12.5 Å². The van der Waals surface area contributed by atoms with Gasteiger partial charge in [0.05, 0.1) is 4.91 Å². The topological polar surface area (TPSA) is 57.6 Å². The molecule has 88 valence electrons. The fraction of sp³-hybridized carbons (Fsp3) is 0.222. The molecule has 0 aromatic heterocycles. The molecule has 17 heavy (non-hydrogen) atoms. The number of nitrogens with zero attached hydrogens (tertiary/aromatic N) is 1. The molecule has 0 saturated carbocycles. The van der Waals surface area contributed by atoms with Gasteiger partial charge in [-0.1, -0.05) is 36.1 Å². The van der Waals surface area contributed by atoms with Gasteiger partial charge in [-0.2, -0.15) is 0 Å². The van der Waals surface area contributed by atoms with Gasteiger partial charge in [-0.15, -0.1) is 11.6 Å². The molecule has 1 rings (SSSR count). The van der Waals surface area contributed by atoms with Gasteiger partial charge in [-0.25, -0.2) is 0 Å². The third-order valence-corrected chi connectivity index (χ3v) is 3.21. The standard InChI is InChI=1S/C9H8ClNO3S2.Na.H/c10-4-2-1-3-6-8(14)11(5-7(12)13)9(15)16-6;;/h1-3H,4-5H2,(H,12,13);;/q;+1;-1. The summed E-state index contributed by atoms with van der Waals surface area (Å²) in [5, 5.41) is 8.60. The third kappa shape index (κ3) is 5.11. The molecule has 1 aliphatic heterocycles. The Morgan fingerprint density at radius 3 is 2.82 bits per heavy atom.